The number of hydrogen-bond acceptors (Lipinski definition) is 5. The largest absolute Gasteiger partial charge is 0.490 e. The Balaban J connectivity index is 1.92. The zero-order chi connectivity index (χ0) is 22.1. The van der Waals surface area contributed by atoms with Gasteiger partial charge in [-0.05, 0) is 56.7 Å². The van der Waals surface area contributed by atoms with Gasteiger partial charge in [0.05, 0.1) is 34.7 Å². The van der Waals surface area contributed by atoms with E-state index in [1.807, 2.05) is 20.8 Å². The molecule has 2 rings (SSSR count). The Labute approximate surface area is 185 Å². The second-order valence-electron chi connectivity index (χ2n) is 6.43. The lowest BCUT2D eigenvalue weighted by molar-refractivity contribution is -0.126. The molecule has 0 aromatic heterocycles. The van der Waals surface area contributed by atoms with E-state index < -0.39 is 18.2 Å². The second-order valence-corrected chi connectivity index (χ2v) is 7.21. The summed E-state index contributed by atoms with van der Waals surface area (Å²) < 4.78 is 11.3. The van der Waals surface area contributed by atoms with Crippen molar-refractivity contribution in [1.29, 1.82) is 0 Å². The average molecular weight is 452 g/mol. The highest BCUT2D eigenvalue weighted by molar-refractivity contribution is 6.44. The van der Waals surface area contributed by atoms with Crippen LogP contribution < -0.4 is 20.2 Å². The van der Waals surface area contributed by atoms with Crippen molar-refractivity contribution >= 4 is 46.9 Å². The van der Waals surface area contributed by atoms with Gasteiger partial charge in [-0.1, -0.05) is 29.3 Å². The molecule has 0 unspecified atom stereocenters. The second kappa shape index (κ2) is 11.4. The summed E-state index contributed by atoms with van der Waals surface area (Å²) in [6, 6.07) is 10.1. The van der Waals surface area contributed by atoms with Crippen LogP contribution in [0, 0.1) is 0 Å². The lowest BCUT2D eigenvalue weighted by Gasteiger charge is -2.14. The van der Waals surface area contributed by atoms with Crippen LogP contribution in [-0.2, 0) is 9.59 Å². The first-order chi connectivity index (χ1) is 14.3. The van der Waals surface area contributed by atoms with Crippen molar-refractivity contribution in [1.82, 2.24) is 5.43 Å². The van der Waals surface area contributed by atoms with Gasteiger partial charge in [0.15, 0.2) is 11.5 Å². The minimum Gasteiger partial charge on any atom is -0.490 e. The van der Waals surface area contributed by atoms with Gasteiger partial charge in [-0.25, -0.2) is 5.43 Å². The summed E-state index contributed by atoms with van der Waals surface area (Å²) in [4.78, 5) is 23.9. The van der Waals surface area contributed by atoms with Gasteiger partial charge in [0.25, 0.3) is 0 Å². The fourth-order valence-electron chi connectivity index (χ4n) is 2.38. The van der Waals surface area contributed by atoms with E-state index in [4.69, 9.17) is 32.7 Å². The fraction of sp³-hybridized carbons (Fsp3) is 0.286. The number of anilines is 1. The highest BCUT2D eigenvalue weighted by Crippen LogP contribution is 2.30. The number of halogens is 2. The van der Waals surface area contributed by atoms with Crippen molar-refractivity contribution in [3.8, 4) is 11.5 Å². The van der Waals surface area contributed by atoms with Crippen molar-refractivity contribution in [3.63, 3.8) is 0 Å². The molecule has 0 aliphatic carbocycles. The molecule has 0 aliphatic heterocycles. The van der Waals surface area contributed by atoms with Crippen LogP contribution in [0.5, 0.6) is 11.5 Å². The molecule has 0 saturated heterocycles. The monoisotopic (exact) mass is 451 g/mol. The van der Waals surface area contributed by atoms with Crippen LogP contribution in [0.4, 0.5) is 5.69 Å². The molecule has 7 nitrogen and oxygen atoms in total. The topological polar surface area (TPSA) is 89.0 Å². The van der Waals surface area contributed by atoms with Crippen molar-refractivity contribution < 1.29 is 19.1 Å². The predicted molar refractivity (Wildman–Crippen MR) is 119 cm³/mol. The minimum atomic E-state index is -0.577. The summed E-state index contributed by atoms with van der Waals surface area (Å²) in [6.45, 7) is 6.22. The first-order valence-corrected chi connectivity index (χ1v) is 10.0. The van der Waals surface area contributed by atoms with Crippen molar-refractivity contribution in [3.05, 3.63) is 52.0 Å². The van der Waals surface area contributed by atoms with Gasteiger partial charge >= 0.3 is 0 Å². The van der Waals surface area contributed by atoms with E-state index in [0.29, 0.717) is 34.4 Å². The first-order valence-electron chi connectivity index (χ1n) is 9.29. The molecule has 0 aliphatic rings. The summed E-state index contributed by atoms with van der Waals surface area (Å²) in [5.74, 6) is 0.0935. The Morgan fingerprint density at radius 3 is 2.60 bits per heavy atom. The average Bonchev–Trinajstić information content (AvgIpc) is 2.67. The molecule has 0 radical (unpaired) electrons. The van der Waals surface area contributed by atoms with Crippen molar-refractivity contribution in [2.45, 2.75) is 33.3 Å². The van der Waals surface area contributed by atoms with Crippen LogP contribution >= 0.6 is 23.2 Å². The molecule has 0 saturated carbocycles. The summed E-state index contributed by atoms with van der Waals surface area (Å²) >= 11 is 11.9. The highest BCUT2D eigenvalue weighted by atomic mass is 35.5. The number of amides is 2. The van der Waals surface area contributed by atoms with Crippen molar-refractivity contribution in [2.24, 2.45) is 5.10 Å². The van der Waals surface area contributed by atoms with Crippen LogP contribution in [0.2, 0.25) is 10.0 Å². The molecule has 9 heteroatoms. The van der Waals surface area contributed by atoms with Gasteiger partial charge in [-0.3, -0.25) is 9.59 Å². The molecule has 2 N–H and O–H groups in total. The van der Waals surface area contributed by atoms with E-state index in [0.717, 1.165) is 0 Å². The molecular formula is C21H23Cl2N3O4. The Morgan fingerprint density at radius 1 is 1.13 bits per heavy atom. The SMILES string of the molecule is CCOc1cc(C=NNC(=O)CC(=O)Nc2cccc(Cl)c2Cl)ccc1OC(C)C. The van der Waals surface area contributed by atoms with Crippen LogP contribution in [0.25, 0.3) is 0 Å². The van der Waals surface area contributed by atoms with Gasteiger partial charge < -0.3 is 14.8 Å². The van der Waals surface area contributed by atoms with E-state index in [2.05, 4.69) is 15.8 Å². The molecule has 0 fully saturated rings. The molecule has 0 spiro atoms. The molecule has 2 aromatic carbocycles. The van der Waals surface area contributed by atoms with Gasteiger partial charge in [0.1, 0.15) is 6.42 Å². The number of nitrogens with one attached hydrogen (secondary N) is 2. The first kappa shape index (κ1) is 23.5. The lowest BCUT2D eigenvalue weighted by atomic mass is 10.2. The van der Waals surface area contributed by atoms with Gasteiger partial charge in [0, 0.05) is 0 Å². The third-order valence-electron chi connectivity index (χ3n) is 3.58. The Bertz CT molecular complexity index is 932. The Morgan fingerprint density at radius 2 is 1.90 bits per heavy atom. The van der Waals surface area contributed by atoms with Crippen LogP contribution in [-0.4, -0.2) is 30.7 Å². The number of nitrogens with zero attached hydrogens (tertiary/aromatic N) is 1. The maximum Gasteiger partial charge on any atom is 0.249 e. The van der Waals surface area contributed by atoms with E-state index in [9.17, 15) is 9.59 Å². The number of rotatable bonds is 9. The third kappa shape index (κ3) is 7.24. The smallest absolute Gasteiger partial charge is 0.249 e. The molecule has 0 atom stereocenters. The third-order valence-corrected chi connectivity index (χ3v) is 4.40. The summed E-state index contributed by atoms with van der Waals surface area (Å²) in [5.41, 5.74) is 3.34. The molecule has 2 amide bonds. The summed E-state index contributed by atoms with van der Waals surface area (Å²) in [7, 11) is 0. The van der Waals surface area contributed by atoms with E-state index in [-0.39, 0.29) is 11.1 Å². The predicted octanol–water partition coefficient (Wildman–Crippen LogP) is 4.66. The van der Waals surface area contributed by atoms with E-state index >= 15 is 0 Å². The number of hydrogen-bond donors (Lipinski definition) is 2. The zero-order valence-corrected chi connectivity index (χ0v) is 18.4. The minimum absolute atomic E-state index is 0.0101. The summed E-state index contributed by atoms with van der Waals surface area (Å²) in [6.07, 6.45) is 1.03. The standard InChI is InChI=1S/C21H23Cl2N3O4/c1-4-29-18-10-14(8-9-17(18)30-13(2)3)12-24-26-20(28)11-19(27)25-16-7-5-6-15(22)21(16)23/h5-10,12-13H,4,11H2,1-3H3,(H,25,27)(H,26,28). The molecule has 160 valence electrons. The Kier molecular flexibility index (Phi) is 8.95. The molecule has 0 heterocycles. The number of ether oxygens (including phenoxy) is 2. The highest BCUT2D eigenvalue weighted by Gasteiger charge is 2.12. The van der Waals surface area contributed by atoms with E-state index in [1.54, 1.807) is 36.4 Å². The Hall–Kier alpha value is -2.77. The number of carbonyl (C=O) groups is 2. The number of hydrazone groups is 1. The van der Waals surface area contributed by atoms with E-state index in [1.165, 1.54) is 6.21 Å². The van der Waals surface area contributed by atoms with Gasteiger partial charge in [-0.2, -0.15) is 5.10 Å². The zero-order valence-electron chi connectivity index (χ0n) is 16.9. The maximum atomic E-state index is 12.0. The lowest BCUT2D eigenvalue weighted by Crippen LogP contribution is -2.24. The van der Waals surface area contributed by atoms with Crippen molar-refractivity contribution in [2.75, 3.05) is 11.9 Å². The summed E-state index contributed by atoms with van der Waals surface area (Å²) in [5, 5.41) is 6.93. The molecule has 30 heavy (non-hydrogen) atoms. The fourth-order valence-corrected chi connectivity index (χ4v) is 2.73. The number of benzene rings is 2. The normalized spacial score (nSPS) is 10.9. The molecule has 0 bridgehead atoms. The van der Waals surface area contributed by atoms with Crippen LogP contribution in [0.15, 0.2) is 41.5 Å². The van der Waals surface area contributed by atoms with Crippen LogP contribution in [0.3, 0.4) is 0 Å². The van der Waals surface area contributed by atoms with Gasteiger partial charge in [-0.15, -0.1) is 0 Å². The molecule has 2 aromatic rings. The van der Waals surface area contributed by atoms with Crippen LogP contribution in [0.1, 0.15) is 32.8 Å². The maximum absolute atomic E-state index is 12.0. The number of carbonyl (C=O) groups excluding carboxylic acids is 2. The quantitative estimate of drug-likeness (QED) is 0.329. The van der Waals surface area contributed by atoms with Gasteiger partial charge in [0.2, 0.25) is 11.8 Å². The molecular weight excluding hydrogens is 429 g/mol.